The lowest BCUT2D eigenvalue weighted by Gasteiger charge is -2.35. The Bertz CT molecular complexity index is 3470. The van der Waals surface area contributed by atoms with Crippen molar-refractivity contribution in [3.8, 4) is 51.6 Å². The van der Waals surface area contributed by atoms with Crippen LogP contribution < -0.4 is 30.3 Å². The lowest BCUT2D eigenvalue weighted by Crippen LogP contribution is -2.59. The molecule has 17 nitrogen and oxygen atoms in total. The maximum Gasteiger partial charge on any atom is 0.319 e. The van der Waals surface area contributed by atoms with Crippen LogP contribution in [0.15, 0.2) is 54.2 Å². The number of aryl methyl sites for hydroxylation is 1. The Kier molecular flexibility index (Phi) is 16.6. The first-order chi connectivity index (χ1) is 39.8. The molecule has 7 heterocycles. The number of anilines is 1. The van der Waals surface area contributed by atoms with E-state index >= 15 is 8.78 Å². The van der Waals surface area contributed by atoms with E-state index in [0.29, 0.717) is 42.0 Å². The molecule has 5 atom stereocenters. The largest absolute Gasteiger partial charge is 0.508 e. The van der Waals surface area contributed by atoms with Gasteiger partial charge in [0.2, 0.25) is 11.8 Å². The number of phenols is 1. The molecule has 4 aliphatic heterocycles. The Balaban J connectivity index is 0.692. The Hall–Kier alpha value is -7.12. The van der Waals surface area contributed by atoms with Crippen molar-refractivity contribution in [2.75, 3.05) is 50.8 Å². The lowest BCUT2D eigenvalue weighted by atomic mass is 9.85. The maximum absolute atomic E-state index is 17.2. The van der Waals surface area contributed by atoms with Gasteiger partial charge < -0.3 is 50.3 Å². The number of terminal acetylenes is 1. The molecule has 6 aromatic rings. The molecule has 2 unspecified atom stereocenters. The highest BCUT2D eigenvalue weighted by Gasteiger charge is 2.53. The van der Waals surface area contributed by atoms with Crippen LogP contribution in [0.2, 0.25) is 0 Å². The van der Waals surface area contributed by atoms with Crippen LogP contribution >= 0.6 is 11.3 Å². The third kappa shape index (κ3) is 12.4. The van der Waals surface area contributed by atoms with E-state index in [1.54, 1.807) is 32.5 Å². The topological polar surface area (TPSA) is 208 Å². The standard InChI is InChI=1S/C62H71F3N10O7S/c1-6-44-47(63)16-13-36-25-41(76)27-45(50(36)44)52-51(64)53-46(30-66-52)56(74-31-39-14-15-40(32-74)69-39)72-60(70-53)82-43-17-22-73(23-18-43)21-9-7-8-10-24-81-49-26-37(54-35(2)68-34-83-54)11-12-38(49)29-67-57(78)48-28-42(77)33-75(48)58(79)55(61(3,4)5)71-59(80)62(65)19-20-62/h1,11-13,16,25-27,30,34,39-40,42-43,48,55,69,76-77H,7-10,14-15,17-24,28-29,31-33H2,2-5H3,(H,67,78)(H,71,80)/t39?,40?,42-,48+,55-/m1/s1. The fourth-order valence-electron chi connectivity index (χ4n) is 12.2. The van der Waals surface area contributed by atoms with E-state index in [-0.39, 0.29) is 90.0 Å². The van der Waals surface area contributed by atoms with Crippen LogP contribution in [-0.2, 0) is 20.9 Å². The Morgan fingerprint density at radius 3 is 2.45 bits per heavy atom. The molecule has 5 N–H and O–H groups in total. The summed E-state index contributed by atoms with van der Waals surface area (Å²) in [5, 5.41) is 31.8. The minimum atomic E-state index is -1.98. The van der Waals surface area contributed by atoms with Gasteiger partial charge in [-0.25, -0.2) is 18.2 Å². The molecule has 3 amide bonds. The first-order valence-electron chi connectivity index (χ1n) is 28.9. The van der Waals surface area contributed by atoms with Crippen LogP contribution in [0.5, 0.6) is 17.5 Å². The van der Waals surface area contributed by atoms with E-state index in [1.165, 1.54) is 40.5 Å². The number of likely N-dealkylation sites (tertiary alicyclic amines) is 2. The zero-order valence-electron chi connectivity index (χ0n) is 47.3. The number of piperidine rings is 1. The van der Waals surface area contributed by atoms with E-state index in [2.05, 4.69) is 41.6 Å². The van der Waals surface area contributed by atoms with Gasteiger partial charge >= 0.3 is 6.01 Å². The molecule has 11 rings (SSSR count). The van der Waals surface area contributed by atoms with Crippen LogP contribution in [0, 0.1) is 36.3 Å². The lowest BCUT2D eigenvalue weighted by molar-refractivity contribution is -0.145. The number of ether oxygens (including phenoxy) is 2. The number of alkyl halides is 1. The molecular formula is C62H71F3N10O7S. The molecule has 0 spiro atoms. The third-order valence-electron chi connectivity index (χ3n) is 16.9. The van der Waals surface area contributed by atoms with Crippen molar-refractivity contribution in [1.82, 2.24) is 45.7 Å². The Morgan fingerprint density at radius 1 is 0.976 bits per heavy atom. The molecule has 1 saturated carbocycles. The normalized spacial score (nSPS) is 21.0. The van der Waals surface area contributed by atoms with E-state index in [9.17, 15) is 29.0 Å². The molecule has 21 heteroatoms. The van der Waals surface area contributed by atoms with Gasteiger partial charge in [0.15, 0.2) is 11.5 Å². The number of aromatic nitrogens is 4. The van der Waals surface area contributed by atoms with Crippen molar-refractivity contribution >= 4 is 56.6 Å². The second-order valence-electron chi connectivity index (χ2n) is 24.1. The number of hydrogen-bond acceptors (Lipinski definition) is 15. The smallest absolute Gasteiger partial charge is 0.319 e. The van der Waals surface area contributed by atoms with Crippen LogP contribution in [0.4, 0.5) is 19.0 Å². The molecule has 5 aliphatic rings. The van der Waals surface area contributed by atoms with Gasteiger partial charge in [0.05, 0.1) is 39.7 Å². The molecule has 3 aromatic heterocycles. The molecule has 5 fully saturated rings. The SMILES string of the molecule is C#Cc1c(F)ccc2cc(O)cc(-c3ncc4c(N5CC6CCC(C5)N6)nc(OC5CCN(CCCCCCOc6cc(-c7scnc7C)ccc6CNC(=O)[C@@H]6C[C@@H](O)CN6C(=O)[C@@H](NC(=O)C6(F)CC6)C(C)(C)C)CC5)nc4c3F)c12. The Labute approximate surface area is 484 Å². The second kappa shape index (κ2) is 23.9. The number of aromatic hydroxyl groups is 1. The number of nitrogens with zero attached hydrogens (tertiary/aromatic N) is 7. The third-order valence-corrected chi connectivity index (χ3v) is 17.9. The van der Waals surface area contributed by atoms with Gasteiger partial charge in [0.1, 0.15) is 52.5 Å². The number of benzene rings is 3. The van der Waals surface area contributed by atoms with Crippen molar-refractivity contribution in [3.05, 3.63) is 82.6 Å². The predicted molar refractivity (Wildman–Crippen MR) is 311 cm³/mol. The van der Waals surface area contributed by atoms with E-state index in [0.717, 1.165) is 92.7 Å². The molecule has 1 aliphatic carbocycles. The summed E-state index contributed by atoms with van der Waals surface area (Å²) in [5.74, 6) is 0.161. The molecule has 3 aromatic carbocycles. The minimum Gasteiger partial charge on any atom is -0.508 e. The zero-order valence-corrected chi connectivity index (χ0v) is 48.1. The molecule has 438 valence electrons. The number of fused-ring (bicyclic) bond motifs is 4. The summed E-state index contributed by atoms with van der Waals surface area (Å²) in [6.45, 7) is 11.6. The van der Waals surface area contributed by atoms with E-state index < -0.39 is 58.6 Å². The van der Waals surface area contributed by atoms with Gasteiger partial charge in [-0.1, -0.05) is 57.7 Å². The highest BCUT2D eigenvalue weighted by atomic mass is 32.1. The highest BCUT2D eigenvalue weighted by molar-refractivity contribution is 7.13. The van der Waals surface area contributed by atoms with Crippen LogP contribution in [0.3, 0.4) is 0 Å². The number of rotatable bonds is 19. The summed E-state index contributed by atoms with van der Waals surface area (Å²) >= 11 is 1.53. The molecular weight excluding hydrogens is 1090 g/mol. The number of halogens is 3. The van der Waals surface area contributed by atoms with Crippen LogP contribution in [0.25, 0.3) is 43.4 Å². The van der Waals surface area contributed by atoms with Crippen molar-refractivity contribution in [1.29, 1.82) is 0 Å². The monoisotopic (exact) mass is 1160 g/mol. The van der Waals surface area contributed by atoms with Crippen molar-refractivity contribution in [3.63, 3.8) is 0 Å². The number of thiazole rings is 1. The fraction of sp³-hybridized carbons (Fsp3) is 0.500. The van der Waals surface area contributed by atoms with Gasteiger partial charge in [-0.05, 0) is 105 Å². The van der Waals surface area contributed by atoms with Gasteiger partial charge in [-0.15, -0.1) is 17.8 Å². The summed E-state index contributed by atoms with van der Waals surface area (Å²) < 4.78 is 59.9. The quantitative estimate of drug-likeness (QED) is 0.0382. The fourth-order valence-corrected chi connectivity index (χ4v) is 13.0. The number of amides is 3. The predicted octanol–water partition coefficient (Wildman–Crippen LogP) is 8.28. The number of carbonyl (C=O) groups excluding carboxylic acids is 3. The first kappa shape index (κ1) is 57.7. The number of aliphatic hydroxyl groups is 1. The molecule has 83 heavy (non-hydrogen) atoms. The second-order valence-corrected chi connectivity index (χ2v) is 24.9. The average molecular weight is 1160 g/mol. The van der Waals surface area contributed by atoms with Crippen LogP contribution in [0.1, 0.15) is 108 Å². The summed E-state index contributed by atoms with van der Waals surface area (Å²) in [6, 6.07) is 9.85. The van der Waals surface area contributed by atoms with Crippen LogP contribution in [-0.4, -0.2) is 146 Å². The summed E-state index contributed by atoms with van der Waals surface area (Å²) in [5.41, 5.74) is 1.55. The zero-order chi connectivity index (χ0) is 58.3. The number of β-amino-alcohol motifs (C(OH)–C–C–N with tert-alkyl or cyclic N) is 1. The molecule has 0 radical (unpaired) electrons. The number of hydrogen-bond donors (Lipinski definition) is 5. The van der Waals surface area contributed by atoms with E-state index in [4.69, 9.17) is 25.9 Å². The summed E-state index contributed by atoms with van der Waals surface area (Å²) in [6.07, 6.45) is 13.6. The van der Waals surface area contributed by atoms with Gasteiger partial charge in [-0.3, -0.25) is 19.4 Å². The first-order valence-corrected chi connectivity index (χ1v) is 29.8. The van der Waals surface area contributed by atoms with E-state index in [1.807, 2.05) is 25.1 Å². The molecule has 4 saturated heterocycles. The number of pyridine rings is 1. The minimum absolute atomic E-state index is 0.00995. The van der Waals surface area contributed by atoms with Crippen molar-refractivity contribution < 1.29 is 47.2 Å². The summed E-state index contributed by atoms with van der Waals surface area (Å²) in [7, 11) is 0. The number of phenolic OH excluding ortho intramolecular Hbond substituents is 1. The summed E-state index contributed by atoms with van der Waals surface area (Å²) in [4.78, 5) is 66.2. The van der Waals surface area contributed by atoms with Crippen molar-refractivity contribution in [2.24, 2.45) is 5.41 Å². The van der Waals surface area contributed by atoms with Crippen molar-refractivity contribution in [2.45, 2.75) is 147 Å². The number of nitrogens with one attached hydrogen (secondary N) is 3. The Morgan fingerprint density at radius 2 is 1.73 bits per heavy atom. The average Bonchev–Trinajstić information content (AvgIpc) is 3.71. The highest BCUT2D eigenvalue weighted by Crippen LogP contribution is 2.42. The van der Waals surface area contributed by atoms with Gasteiger partial charge in [0.25, 0.3) is 5.91 Å². The maximum atomic E-state index is 17.2. The number of unbranched alkanes of at least 4 members (excludes halogenated alkanes) is 3. The number of carbonyl (C=O) groups is 3. The van der Waals surface area contributed by atoms with Gasteiger partial charge in [0, 0.05) is 80.5 Å². The number of piperazine rings is 1. The number of aliphatic hydroxyl groups excluding tert-OH is 1. The van der Waals surface area contributed by atoms with Gasteiger partial charge in [-0.2, -0.15) is 9.97 Å². The molecule has 2 bridgehead atoms.